The molecule has 2 heterocycles. The minimum Gasteiger partial charge on any atom is -0.444 e. The Morgan fingerprint density at radius 3 is 2.41 bits per heavy atom. The van der Waals surface area contributed by atoms with E-state index in [1.54, 1.807) is 17.0 Å². The maximum absolute atomic E-state index is 12.3. The minimum absolute atomic E-state index is 0.146. The van der Waals surface area contributed by atoms with E-state index in [0.29, 0.717) is 23.9 Å². The summed E-state index contributed by atoms with van der Waals surface area (Å²) in [5.41, 5.74) is 0.358. The molecule has 146 valence electrons. The number of amides is 1. The second-order valence-electron chi connectivity index (χ2n) is 7.69. The van der Waals surface area contributed by atoms with E-state index in [9.17, 15) is 9.90 Å². The van der Waals surface area contributed by atoms with Crippen molar-refractivity contribution < 1.29 is 14.6 Å². The molecule has 27 heavy (non-hydrogen) atoms. The zero-order valence-corrected chi connectivity index (χ0v) is 16.6. The maximum Gasteiger partial charge on any atom is 0.410 e. The van der Waals surface area contributed by atoms with Crippen molar-refractivity contribution in [2.24, 2.45) is 0 Å². The summed E-state index contributed by atoms with van der Waals surface area (Å²) in [6.45, 7) is 6.59. The van der Waals surface area contributed by atoms with E-state index in [1.165, 1.54) is 0 Å². The van der Waals surface area contributed by atoms with Crippen LogP contribution >= 0.6 is 11.6 Å². The van der Waals surface area contributed by atoms with E-state index in [-0.39, 0.29) is 18.6 Å². The molecule has 1 aromatic carbocycles. The first kappa shape index (κ1) is 19.6. The molecule has 3 rings (SSSR count). The van der Waals surface area contributed by atoms with Gasteiger partial charge in [-0.1, -0.05) is 11.6 Å². The molecule has 1 N–H and O–H groups in total. The number of halogens is 1. The molecule has 0 radical (unpaired) electrons. The lowest BCUT2D eigenvalue weighted by Crippen LogP contribution is -2.41. The van der Waals surface area contributed by atoms with Crippen molar-refractivity contribution in [3.8, 4) is 5.69 Å². The van der Waals surface area contributed by atoms with Crippen molar-refractivity contribution in [1.29, 1.82) is 0 Å². The highest BCUT2D eigenvalue weighted by Gasteiger charge is 2.30. The number of piperidine rings is 1. The molecule has 1 fully saturated rings. The SMILES string of the molecule is CC(C)(C)OC(=O)N1CCC(c2nnc(CO)n2-c2ccc(Cl)cc2)CC1. The van der Waals surface area contributed by atoms with Crippen molar-refractivity contribution in [3.63, 3.8) is 0 Å². The van der Waals surface area contributed by atoms with Crippen molar-refractivity contribution in [2.75, 3.05) is 13.1 Å². The van der Waals surface area contributed by atoms with E-state index in [1.807, 2.05) is 37.5 Å². The van der Waals surface area contributed by atoms with Crippen LogP contribution in [-0.4, -0.2) is 49.6 Å². The summed E-state index contributed by atoms with van der Waals surface area (Å²) in [5.74, 6) is 1.43. The van der Waals surface area contributed by atoms with Crippen LogP contribution in [0, 0.1) is 0 Å². The van der Waals surface area contributed by atoms with Gasteiger partial charge in [-0.3, -0.25) is 4.57 Å². The highest BCUT2D eigenvalue weighted by molar-refractivity contribution is 6.30. The van der Waals surface area contributed by atoms with Gasteiger partial charge in [-0.2, -0.15) is 0 Å². The quantitative estimate of drug-likeness (QED) is 0.864. The zero-order valence-electron chi connectivity index (χ0n) is 15.9. The summed E-state index contributed by atoms with van der Waals surface area (Å²) in [7, 11) is 0. The molecular weight excluding hydrogens is 368 g/mol. The van der Waals surface area contributed by atoms with Crippen LogP contribution in [0.2, 0.25) is 5.02 Å². The van der Waals surface area contributed by atoms with Gasteiger partial charge in [0, 0.05) is 29.7 Å². The first-order valence-corrected chi connectivity index (χ1v) is 9.45. The van der Waals surface area contributed by atoms with E-state index in [0.717, 1.165) is 24.4 Å². The molecule has 1 aromatic heterocycles. The van der Waals surface area contributed by atoms with Crippen LogP contribution in [0.3, 0.4) is 0 Å². The fraction of sp³-hybridized carbons (Fsp3) is 0.526. The normalized spacial score (nSPS) is 15.8. The van der Waals surface area contributed by atoms with Gasteiger partial charge in [0.25, 0.3) is 0 Å². The monoisotopic (exact) mass is 392 g/mol. The van der Waals surface area contributed by atoms with Crippen LogP contribution in [0.15, 0.2) is 24.3 Å². The lowest BCUT2D eigenvalue weighted by Gasteiger charge is -2.33. The smallest absolute Gasteiger partial charge is 0.410 e. The Morgan fingerprint density at radius 1 is 1.22 bits per heavy atom. The average Bonchev–Trinajstić information content (AvgIpc) is 3.05. The molecule has 7 nitrogen and oxygen atoms in total. The Labute approximate surface area is 163 Å². The summed E-state index contributed by atoms with van der Waals surface area (Å²) >= 11 is 5.99. The first-order valence-electron chi connectivity index (χ1n) is 9.07. The molecule has 8 heteroatoms. The summed E-state index contributed by atoms with van der Waals surface area (Å²) in [6, 6.07) is 7.36. The van der Waals surface area contributed by atoms with Crippen molar-refractivity contribution >= 4 is 17.7 Å². The van der Waals surface area contributed by atoms with Gasteiger partial charge in [0.05, 0.1) is 0 Å². The van der Waals surface area contributed by atoms with E-state index < -0.39 is 5.60 Å². The topological polar surface area (TPSA) is 80.5 Å². The summed E-state index contributed by atoms with van der Waals surface area (Å²) in [5, 5.41) is 18.8. The molecule has 1 saturated heterocycles. The van der Waals surface area contributed by atoms with Gasteiger partial charge in [0.15, 0.2) is 5.82 Å². The predicted octanol–water partition coefficient (Wildman–Crippen LogP) is 3.53. The molecule has 1 aliphatic heterocycles. The standard InChI is InChI=1S/C19H25ClN4O3/c1-19(2,3)27-18(26)23-10-8-13(9-11-23)17-22-21-16(12-25)24(17)15-6-4-14(20)5-7-15/h4-7,13,25H,8-12H2,1-3H3. The number of aromatic nitrogens is 3. The molecule has 0 unspecified atom stereocenters. The Morgan fingerprint density at radius 2 is 1.85 bits per heavy atom. The predicted molar refractivity (Wildman–Crippen MR) is 102 cm³/mol. The Bertz CT molecular complexity index is 790. The summed E-state index contributed by atoms with van der Waals surface area (Å²) in [4.78, 5) is 14.0. The van der Waals surface area contributed by atoms with Crippen molar-refractivity contribution in [1.82, 2.24) is 19.7 Å². The third kappa shape index (κ3) is 4.59. The molecule has 0 spiro atoms. The second kappa shape index (κ2) is 7.86. The van der Waals surface area contributed by atoms with Gasteiger partial charge in [-0.05, 0) is 57.9 Å². The fourth-order valence-corrected chi connectivity index (χ4v) is 3.34. The van der Waals surface area contributed by atoms with Crippen molar-refractivity contribution in [3.05, 3.63) is 40.9 Å². The molecule has 0 bridgehead atoms. The maximum atomic E-state index is 12.3. The highest BCUT2D eigenvalue weighted by atomic mass is 35.5. The molecule has 0 saturated carbocycles. The molecule has 1 aliphatic rings. The van der Waals surface area contributed by atoms with Crippen LogP contribution in [0.25, 0.3) is 5.69 Å². The number of ether oxygens (including phenoxy) is 1. The van der Waals surface area contributed by atoms with Crippen LogP contribution in [0.5, 0.6) is 0 Å². The molecule has 0 aliphatic carbocycles. The molecule has 0 atom stereocenters. The number of aliphatic hydroxyl groups is 1. The number of benzene rings is 1. The second-order valence-corrected chi connectivity index (χ2v) is 8.12. The van der Waals surface area contributed by atoms with E-state index in [4.69, 9.17) is 16.3 Å². The van der Waals surface area contributed by atoms with Crippen molar-refractivity contribution in [2.45, 2.75) is 51.7 Å². The Balaban J connectivity index is 1.76. The number of carbonyl (C=O) groups is 1. The molecule has 2 aromatic rings. The zero-order chi connectivity index (χ0) is 19.6. The third-order valence-corrected chi connectivity index (χ3v) is 4.75. The number of hydrogen-bond acceptors (Lipinski definition) is 5. The Kier molecular flexibility index (Phi) is 5.72. The first-order chi connectivity index (χ1) is 12.8. The fourth-order valence-electron chi connectivity index (χ4n) is 3.22. The highest BCUT2D eigenvalue weighted by Crippen LogP contribution is 2.30. The van der Waals surface area contributed by atoms with E-state index in [2.05, 4.69) is 10.2 Å². The summed E-state index contributed by atoms with van der Waals surface area (Å²) in [6.07, 6.45) is 1.24. The average molecular weight is 393 g/mol. The summed E-state index contributed by atoms with van der Waals surface area (Å²) < 4.78 is 7.33. The van der Waals surface area contributed by atoms with Crippen LogP contribution < -0.4 is 0 Å². The van der Waals surface area contributed by atoms with Crippen LogP contribution in [0.4, 0.5) is 4.79 Å². The number of hydrogen-bond donors (Lipinski definition) is 1. The van der Waals surface area contributed by atoms with Crippen LogP contribution in [0.1, 0.15) is 51.2 Å². The number of aliphatic hydroxyl groups excluding tert-OH is 1. The van der Waals surface area contributed by atoms with Gasteiger partial charge in [0.2, 0.25) is 0 Å². The number of rotatable bonds is 3. The number of likely N-dealkylation sites (tertiary alicyclic amines) is 1. The largest absolute Gasteiger partial charge is 0.444 e. The van der Waals surface area contributed by atoms with E-state index >= 15 is 0 Å². The van der Waals surface area contributed by atoms with Gasteiger partial charge >= 0.3 is 6.09 Å². The molecule has 1 amide bonds. The van der Waals surface area contributed by atoms with Gasteiger partial charge in [0.1, 0.15) is 18.0 Å². The minimum atomic E-state index is -0.501. The molecular formula is C19H25ClN4O3. The lowest BCUT2D eigenvalue weighted by molar-refractivity contribution is 0.0203. The van der Waals surface area contributed by atoms with Gasteiger partial charge in [-0.15, -0.1) is 10.2 Å². The lowest BCUT2D eigenvalue weighted by atomic mass is 9.96. The Hall–Kier alpha value is -2.12. The van der Waals surface area contributed by atoms with Gasteiger partial charge in [-0.25, -0.2) is 4.79 Å². The van der Waals surface area contributed by atoms with Crippen LogP contribution in [-0.2, 0) is 11.3 Å². The van der Waals surface area contributed by atoms with Gasteiger partial charge < -0.3 is 14.7 Å². The number of nitrogens with zero attached hydrogens (tertiary/aromatic N) is 4. The number of carbonyl (C=O) groups excluding carboxylic acids is 1. The third-order valence-electron chi connectivity index (χ3n) is 4.49.